The van der Waals surface area contributed by atoms with Crippen molar-refractivity contribution < 1.29 is 39.5 Å². The SMILES string of the molecule is O=C/C=C/C=C/[O-].[Na+]. The summed E-state index contributed by atoms with van der Waals surface area (Å²) in [6.45, 7) is 0. The van der Waals surface area contributed by atoms with Crippen molar-refractivity contribution in [2.75, 3.05) is 0 Å². The van der Waals surface area contributed by atoms with Crippen LogP contribution in [0.15, 0.2) is 24.5 Å². The molecule has 0 heterocycles. The van der Waals surface area contributed by atoms with Gasteiger partial charge < -0.3 is 5.11 Å². The fraction of sp³-hybridized carbons (Fsp3) is 0. The molecule has 0 atom stereocenters. The van der Waals surface area contributed by atoms with Gasteiger partial charge >= 0.3 is 29.6 Å². The van der Waals surface area contributed by atoms with Crippen molar-refractivity contribution in [3.8, 4) is 0 Å². The molecule has 0 bridgehead atoms. The maximum Gasteiger partial charge on any atom is 1.00 e. The predicted octanol–water partition coefficient (Wildman–Crippen LogP) is -3.38. The third-order valence-corrected chi connectivity index (χ3v) is 0.379. The van der Waals surface area contributed by atoms with E-state index in [2.05, 4.69) is 0 Å². The van der Waals surface area contributed by atoms with Crippen molar-refractivity contribution >= 4 is 6.29 Å². The Balaban J connectivity index is 0. The van der Waals surface area contributed by atoms with Crippen molar-refractivity contribution in [2.24, 2.45) is 0 Å². The molecule has 0 fully saturated rings. The average Bonchev–Trinajstić information content (AvgIpc) is 1.69. The van der Waals surface area contributed by atoms with Crippen molar-refractivity contribution in [1.29, 1.82) is 0 Å². The second kappa shape index (κ2) is 10.0. The Morgan fingerprint density at radius 2 is 1.75 bits per heavy atom. The van der Waals surface area contributed by atoms with E-state index in [0.29, 0.717) is 12.5 Å². The minimum atomic E-state index is 0. The van der Waals surface area contributed by atoms with Crippen molar-refractivity contribution in [1.82, 2.24) is 0 Å². The van der Waals surface area contributed by atoms with Gasteiger partial charge in [-0.1, -0.05) is 12.2 Å². The Morgan fingerprint density at radius 3 is 2.12 bits per heavy atom. The predicted molar refractivity (Wildman–Crippen MR) is 24.3 cm³/mol. The second-order valence-electron chi connectivity index (χ2n) is 0.850. The summed E-state index contributed by atoms with van der Waals surface area (Å²) in [7, 11) is 0. The van der Waals surface area contributed by atoms with Gasteiger partial charge in [0.1, 0.15) is 6.29 Å². The van der Waals surface area contributed by atoms with Crippen LogP contribution in [0.25, 0.3) is 0 Å². The number of hydrogen-bond donors (Lipinski definition) is 0. The summed E-state index contributed by atoms with van der Waals surface area (Å²) in [6.07, 6.45) is 5.09. The summed E-state index contributed by atoms with van der Waals surface area (Å²) >= 11 is 0. The molecule has 0 aromatic heterocycles. The van der Waals surface area contributed by atoms with Crippen molar-refractivity contribution in [3.05, 3.63) is 24.5 Å². The normalized spacial score (nSPS) is 9.50. The smallest absolute Gasteiger partial charge is 0.878 e. The topological polar surface area (TPSA) is 40.1 Å². The van der Waals surface area contributed by atoms with E-state index in [9.17, 15) is 9.90 Å². The van der Waals surface area contributed by atoms with E-state index in [1.807, 2.05) is 0 Å². The molecule has 0 spiro atoms. The van der Waals surface area contributed by atoms with E-state index >= 15 is 0 Å². The van der Waals surface area contributed by atoms with E-state index in [1.165, 1.54) is 18.2 Å². The molecule has 0 aliphatic carbocycles. The summed E-state index contributed by atoms with van der Waals surface area (Å²) in [4.78, 5) is 9.46. The van der Waals surface area contributed by atoms with E-state index in [1.54, 1.807) is 0 Å². The summed E-state index contributed by atoms with van der Waals surface area (Å²) in [5, 5.41) is 9.46. The van der Waals surface area contributed by atoms with Crippen LogP contribution < -0.4 is 34.7 Å². The molecule has 0 rings (SSSR count). The zero-order chi connectivity index (χ0) is 5.54. The summed E-state index contributed by atoms with van der Waals surface area (Å²) in [6, 6.07) is 0. The molecule has 0 saturated heterocycles. The van der Waals surface area contributed by atoms with E-state index in [4.69, 9.17) is 0 Å². The number of hydrogen-bond acceptors (Lipinski definition) is 2. The van der Waals surface area contributed by atoms with Gasteiger partial charge in [0.15, 0.2) is 0 Å². The fourth-order valence-corrected chi connectivity index (χ4v) is 0.155. The first-order valence-corrected chi connectivity index (χ1v) is 1.80. The van der Waals surface area contributed by atoms with E-state index in [0.717, 1.165) is 0 Å². The summed E-state index contributed by atoms with van der Waals surface area (Å²) in [5.41, 5.74) is 0. The molecular weight excluding hydrogens is 115 g/mol. The van der Waals surface area contributed by atoms with Crippen molar-refractivity contribution in [3.63, 3.8) is 0 Å². The molecule has 0 aliphatic rings. The van der Waals surface area contributed by atoms with Crippen LogP contribution in [0.2, 0.25) is 0 Å². The molecule has 2 nitrogen and oxygen atoms in total. The van der Waals surface area contributed by atoms with Crippen molar-refractivity contribution in [2.45, 2.75) is 0 Å². The molecule has 0 radical (unpaired) electrons. The zero-order valence-corrected chi connectivity index (χ0v) is 6.70. The first-order chi connectivity index (χ1) is 3.41. The molecule has 38 valence electrons. The van der Waals surface area contributed by atoms with Gasteiger partial charge in [0, 0.05) is 0 Å². The molecule has 0 aromatic carbocycles. The maximum absolute atomic E-state index is 9.46. The molecule has 0 saturated carbocycles. The molecule has 0 N–H and O–H groups in total. The standard InChI is InChI=1S/C5H6O2.Na/c6-4-2-1-3-5-7;/h1-6H;/q;+1/p-1/b3-1+,4-2+;. The van der Waals surface area contributed by atoms with Crippen LogP contribution >= 0.6 is 0 Å². The Bertz CT molecular complexity index is 96.6. The van der Waals surface area contributed by atoms with Crippen LogP contribution in [0, 0.1) is 0 Å². The summed E-state index contributed by atoms with van der Waals surface area (Å²) < 4.78 is 0. The Hall–Kier alpha value is -0.0500. The van der Waals surface area contributed by atoms with Gasteiger partial charge in [-0.2, -0.15) is 0 Å². The van der Waals surface area contributed by atoms with Gasteiger partial charge in [-0.05, 0) is 6.08 Å². The first-order valence-electron chi connectivity index (χ1n) is 1.80. The minimum absolute atomic E-state index is 0. The van der Waals surface area contributed by atoms with Gasteiger partial charge in [0.2, 0.25) is 0 Å². The molecule has 0 amide bonds. The number of aldehydes is 1. The Labute approximate surface area is 70.2 Å². The van der Waals surface area contributed by atoms with Crippen LogP contribution in [0.5, 0.6) is 0 Å². The minimum Gasteiger partial charge on any atom is -0.878 e. The fourth-order valence-electron chi connectivity index (χ4n) is 0.155. The average molecular weight is 120 g/mol. The molecule has 3 heteroatoms. The second-order valence-corrected chi connectivity index (χ2v) is 0.850. The number of allylic oxidation sites excluding steroid dienone is 3. The van der Waals surface area contributed by atoms with Crippen LogP contribution in [0.3, 0.4) is 0 Å². The summed E-state index contributed by atoms with van der Waals surface area (Å²) in [5.74, 6) is 0. The largest absolute Gasteiger partial charge is 1.00 e. The molecular formula is C5H5NaO2. The third kappa shape index (κ3) is 9.34. The number of carbonyl (C=O) groups excluding carboxylic acids is 1. The van der Waals surface area contributed by atoms with E-state index in [-0.39, 0.29) is 29.6 Å². The van der Waals surface area contributed by atoms with Crippen LogP contribution in [0.1, 0.15) is 0 Å². The molecule has 0 unspecified atom stereocenters. The van der Waals surface area contributed by atoms with Crippen LogP contribution in [-0.2, 0) is 4.79 Å². The Kier molecular flexibility index (Phi) is 13.6. The number of rotatable bonds is 2. The Morgan fingerprint density at radius 1 is 1.12 bits per heavy atom. The van der Waals surface area contributed by atoms with Crippen LogP contribution in [0.4, 0.5) is 0 Å². The van der Waals surface area contributed by atoms with Gasteiger partial charge in [-0.3, -0.25) is 4.79 Å². The van der Waals surface area contributed by atoms with Gasteiger partial charge in [-0.25, -0.2) is 0 Å². The van der Waals surface area contributed by atoms with Gasteiger partial charge in [-0.15, -0.1) is 6.26 Å². The molecule has 0 aromatic rings. The monoisotopic (exact) mass is 120 g/mol. The molecule has 8 heavy (non-hydrogen) atoms. The maximum atomic E-state index is 9.46. The first kappa shape index (κ1) is 10.8. The molecule has 0 aliphatic heterocycles. The third-order valence-electron chi connectivity index (χ3n) is 0.379. The van der Waals surface area contributed by atoms with Gasteiger partial charge in [0.25, 0.3) is 0 Å². The van der Waals surface area contributed by atoms with Crippen LogP contribution in [-0.4, -0.2) is 6.29 Å². The van der Waals surface area contributed by atoms with E-state index < -0.39 is 0 Å². The zero-order valence-electron chi connectivity index (χ0n) is 4.70. The quantitative estimate of drug-likeness (QED) is 0.125. The number of carbonyl (C=O) groups is 1. The van der Waals surface area contributed by atoms with Gasteiger partial charge in [0.05, 0.1) is 0 Å².